The predicted molar refractivity (Wildman–Crippen MR) is 21.5 cm³/mol. The van der Waals surface area contributed by atoms with Crippen molar-refractivity contribution in [3.8, 4) is 0 Å². The molecule has 0 heterocycles. The zero-order chi connectivity index (χ0) is 9.28. The topological polar surface area (TPSA) is 19.9 Å². The van der Waals surface area contributed by atoms with Gasteiger partial charge in [0.1, 0.15) is 6.61 Å². The SMILES string of the molecule is [O]CC(F)(F)C(F)C(F)(F)F. The van der Waals surface area contributed by atoms with Crippen LogP contribution in [0.25, 0.3) is 0 Å². The molecule has 0 fully saturated rings. The van der Waals surface area contributed by atoms with E-state index in [1.807, 2.05) is 0 Å². The average Bonchev–Trinajstić information content (AvgIpc) is 1.84. The fourth-order valence-electron chi connectivity index (χ4n) is 0.313. The highest BCUT2D eigenvalue weighted by atomic mass is 19.4. The largest absolute Gasteiger partial charge is 0.425 e. The van der Waals surface area contributed by atoms with Crippen LogP contribution in [0.15, 0.2) is 0 Å². The van der Waals surface area contributed by atoms with E-state index in [-0.39, 0.29) is 0 Å². The van der Waals surface area contributed by atoms with E-state index in [1.165, 1.54) is 0 Å². The van der Waals surface area contributed by atoms with Gasteiger partial charge in [-0.3, -0.25) is 0 Å². The highest BCUT2D eigenvalue weighted by molar-refractivity contribution is 4.81. The summed E-state index contributed by atoms with van der Waals surface area (Å²) in [4.78, 5) is 0. The third kappa shape index (κ3) is 2.57. The summed E-state index contributed by atoms with van der Waals surface area (Å²) in [5.74, 6) is -4.86. The molecule has 67 valence electrons. The second-order valence-corrected chi connectivity index (χ2v) is 1.81. The number of rotatable bonds is 2. The van der Waals surface area contributed by atoms with Gasteiger partial charge in [-0.15, -0.1) is 0 Å². The molecular weight excluding hydrogens is 178 g/mol. The molecule has 0 aromatic carbocycles. The van der Waals surface area contributed by atoms with Gasteiger partial charge in [-0.1, -0.05) is 0 Å². The van der Waals surface area contributed by atoms with Crippen molar-refractivity contribution in [3.63, 3.8) is 0 Å². The first-order chi connectivity index (χ1) is 4.72. The van der Waals surface area contributed by atoms with Crippen molar-refractivity contribution in [1.82, 2.24) is 0 Å². The molecule has 11 heavy (non-hydrogen) atoms. The Morgan fingerprint density at radius 3 is 1.55 bits per heavy atom. The molecule has 0 aliphatic rings. The van der Waals surface area contributed by atoms with E-state index in [1.54, 1.807) is 0 Å². The van der Waals surface area contributed by atoms with Crippen LogP contribution in [0.2, 0.25) is 0 Å². The molecular formula is C4H3F6O. The normalized spacial score (nSPS) is 16.6. The molecule has 0 aromatic heterocycles. The Morgan fingerprint density at radius 1 is 1.09 bits per heavy atom. The minimum absolute atomic E-state index is 2.41. The molecule has 0 bridgehead atoms. The zero-order valence-corrected chi connectivity index (χ0v) is 4.96. The maximum atomic E-state index is 11.6. The fraction of sp³-hybridized carbons (Fsp3) is 1.00. The maximum Gasteiger partial charge on any atom is 0.425 e. The zero-order valence-electron chi connectivity index (χ0n) is 4.96. The first-order valence-electron chi connectivity index (χ1n) is 2.38. The minimum atomic E-state index is -5.67. The molecule has 1 unspecified atom stereocenters. The van der Waals surface area contributed by atoms with Crippen molar-refractivity contribution in [2.24, 2.45) is 0 Å². The average molecular weight is 181 g/mol. The minimum Gasteiger partial charge on any atom is -0.231 e. The van der Waals surface area contributed by atoms with E-state index in [0.29, 0.717) is 0 Å². The van der Waals surface area contributed by atoms with E-state index in [2.05, 4.69) is 0 Å². The van der Waals surface area contributed by atoms with Crippen molar-refractivity contribution < 1.29 is 31.4 Å². The van der Waals surface area contributed by atoms with Crippen LogP contribution < -0.4 is 0 Å². The van der Waals surface area contributed by atoms with Crippen LogP contribution in [0, 0.1) is 0 Å². The van der Waals surface area contributed by atoms with Crippen LogP contribution in [0.1, 0.15) is 0 Å². The first kappa shape index (κ1) is 10.5. The Kier molecular flexibility index (Phi) is 2.76. The van der Waals surface area contributed by atoms with Crippen LogP contribution in [-0.2, 0) is 5.11 Å². The molecule has 0 aliphatic carbocycles. The molecule has 0 rings (SSSR count). The van der Waals surface area contributed by atoms with Crippen molar-refractivity contribution in [2.45, 2.75) is 18.3 Å². The summed E-state index contributed by atoms with van der Waals surface area (Å²) in [6, 6.07) is 0. The van der Waals surface area contributed by atoms with E-state index in [4.69, 9.17) is 0 Å². The quantitative estimate of drug-likeness (QED) is 0.580. The number of halogens is 6. The Bertz CT molecular complexity index is 129. The molecule has 1 radical (unpaired) electrons. The third-order valence-corrected chi connectivity index (χ3v) is 0.851. The molecule has 0 amide bonds. The van der Waals surface area contributed by atoms with Gasteiger partial charge >= 0.3 is 12.1 Å². The fourth-order valence-corrected chi connectivity index (χ4v) is 0.313. The van der Waals surface area contributed by atoms with Gasteiger partial charge in [0.25, 0.3) is 6.17 Å². The van der Waals surface area contributed by atoms with Crippen LogP contribution in [-0.4, -0.2) is 24.9 Å². The lowest BCUT2D eigenvalue weighted by molar-refractivity contribution is -0.255. The second kappa shape index (κ2) is 2.88. The standard InChI is InChI=1S/C4H3F6O/c5-2(4(8,9)10)3(6,7)1-11/h2H,1H2. The summed E-state index contributed by atoms with van der Waals surface area (Å²) in [6.07, 6.45) is -10.0. The summed E-state index contributed by atoms with van der Waals surface area (Å²) in [5.41, 5.74) is 0. The smallest absolute Gasteiger partial charge is 0.231 e. The van der Waals surface area contributed by atoms with Gasteiger partial charge in [0.15, 0.2) is 0 Å². The first-order valence-corrected chi connectivity index (χ1v) is 2.38. The van der Waals surface area contributed by atoms with E-state index >= 15 is 0 Å². The highest BCUT2D eigenvalue weighted by Crippen LogP contribution is 2.34. The van der Waals surface area contributed by atoms with Gasteiger partial charge < -0.3 is 0 Å². The third-order valence-electron chi connectivity index (χ3n) is 0.851. The summed E-state index contributed by atoms with van der Waals surface area (Å²) in [7, 11) is 0. The van der Waals surface area contributed by atoms with Crippen molar-refractivity contribution >= 4 is 0 Å². The van der Waals surface area contributed by atoms with Crippen molar-refractivity contribution in [1.29, 1.82) is 0 Å². The summed E-state index contributed by atoms with van der Waals surface area (Å²) in [5, 5.41) is 9.35. The molecule has 0 saturated carbocycles. The Balaban J connectivity index is 4.35. The van der Waals surface area contributed by atoms with E-state index in [0.717, 1.165) is 0 Å². The molecule has 0 aromatic rings. The van der Waals surface area contributed by atoms with Gasteiger partial charge in [0.05, 0.1) is 0 Å². The summed E-state index contributed by atoms with van der Waals surface area (Å²) >= 11 is 0. The highest BCUT2D eigenvalue weighted by Gasteiger charge is 2.56. The van der Waals surface area contributed by atoms with Crippen molar-refractivity contribution in [3.05, 3.63) is 0 Å². The van der Waals surface area contributed by atoms with Crippen molar-refractivity contribution in [2.75, 3.05) is 6.61 Å². The lowest BCUT2D eigenvalue weighted by atomic mass is 10.2. The lowest BCUT2D eigenvalue weighted by Gasteiger charge is -2.19. The Hall–Kier alpha value is -0.460. The van der Waals surface area contributed by atoms with E-state index < -0.39 is 24.9 Å². The molecule has 0 aliphatic heterocycles. The monoisotopic (exact) mass is 181 g/mol. The van der Waals surface area contributed by atoms with Gasteiger partial charge in [0.2, 0.25) is 0 Å². The van der Waals surface area contributed by atoms with Crippen LogP contribution >= 0.6 is 0 Å². The van der Waals surface area contributed by atoms with Gasteiger partial charge in [-0.25, -0.2) is 18.3 Å². The van der Waals surface area contributed by atoms with Crippen LogP contribution in [0.5, 0.6) is 0 Å². The second-order valence-electron chi connectivity index (χ2n) is 1.81. The van der Waals surface area contributed by atoms with Crippen LogP contribution in [0.3, 0.4) is 0 Å². The molecule has 7 heteroatoms. The van der Waals surface area contributed by atoms with Gasteiger partial charge in [-0.05, 0) is 0 Å². The molecule has 0 spiro atoms. The number of hydrogen-bond acceptors (Lipinski definition) is 0. The predicted octanol–water partition coefficient (Wildman–Crippen LogP) is 1.95. The van der Waals surface area contributed by atoms with E-state index in [9.17, 15) is 31.4 Å². The van der Waals surface area contributed by atoms with Gasteiger partial charge in [-0.2, -0.15) is 13.2 Å². The Labute approximate surface area is 57.6 Å². The number of alkyl halides is 6. The molecule has 0 saturated heterocycles. The van der Waals surface area contributed by atoms with Gasteiger partial charge in [0, 0.05) is 0 Å². The summed E-state index contributed by atoms with van der Waals surface area (Å²) < 4.78 is 68.3. The summed E-state index contributed by atoms with van der Waals surface area (Å²) in [6.45, 7) is -2.41. The lowest BCUT2D eigenvalue weighted by Crippen LogP contribution is -2.43. The molecule has 1 nitrogen and oxygen atoms in total. The van der Waals surface area contributed by atoms with Crippen LogP contribution in [0.4, 0.5) is 26.3 Å². The molecule has 1 atom stereocenters. The molecule has 0 N–H and O–H groups in total. The number of hydrogen-bond donors (Lipinski definition) is 0. The Morgan fingerprint density at radius 2 is 1.45 bits per heavy atom. The maximum absolute atomic E-state index is 11.6.